The fourth-order valence-electron chi connectivity index (χ4n) is 1.03. The molecular weight excluding hydrogens is 157 g/mol. The number of nitrogens with one attached hydrogen (secondary N) is 1. The van der Waals surface area contributed by atoms with Crippen molar-refractivity contribution in [3.8, 4) is 0 Å². The molecule has 0 radical (unpaired) electrons. The molecule has 0 spiro atoms. The van der Waals surface area contributed by atoms with Gasteiger partial charge in [-0.2, -0.15) is 0 Å². The topological polar surface area (TPSA) is 21.3 Å². The van der Waals surface area contributed by atoms with Gasteiger partial charge >= 0.3 is 0 Å². The fourth-order valence-corrected chi connectivity index (χ4v) is 1.03. The zero-order valence-corrected chi connectivity index (χ0v) is 7.52. The van der Waals surface area contributed by atoms with Crippen LogP contribution in [0.4, 0.5) is 4.39 Å². The molecule has 1 saturated carbocycles. The Morgan fingerprint density at radius 3 is 2.83 bits per heavy atom. The second-order valence-corrected chi connectivity index (χ2v) is 3.31. The van der Waals surface area contributed by atoms with Crippen molar-refractivity contribution in [1.29, 1.82) is 0 Å². The van der Waals surface area contributed by atoms with Crippen LogP contribution >= 0.6 is 0 Å². The Kier molecular flexibility index (Phi) is 5.28. The van der Waals surface area contributed by atoms with Crippen molar-refractivity contribution in [2.24, 2.45) is 5.92 Å². The highest BCUT2D eigenvalue weighted by Crippen LogP contribution is 2.28. The van der Waals surface area contributed by atoms with Gasteiger partial charge in [-0.3, -0.25) is 0 Å². The lowest BCUT2D eigenvalue weighted by Crippen LogP contribution is -2.19. The summed E-state index contributed by atoms with van der Waals surface area (Å²) in [6, 6.07) is 0. The van der Waals surface area contributed by atoms with Crippen molar-refractivity contribution < 1.29 is 9.13 Å². The van der Waals surface area contributed by atoms with Crippen LogP contribution in [0.15, 0.2) is 0 Å². The number of hydrogen-bond donors (Lipinski definition) is 1. The van der Waals surface area contributed by atoms with Gasteiger partial charge in [0.25, 0.3) is 0 Å². The van der Waals surface area contributed by atoms with Gasteiger partial charge in [-0.15, -0.1) is 0 Å². The SMILES string of the molecule is FCCNCCCOCC1CC1. The van der Waals surface area contributed by atoms with E-state index in [0.29, 0.717) is 6.54 Å². The Labute approximate surface area is 73.5 Å². The Hall–Kier alpha value is -0.150. The largest absolute Gasteiger partial charge is 0.381 e. The minimum absolute atomic E-state index is 0.275. The maximum atomic E-state index is 11.6. The highest BCUT2D eigenvalue weighted by Gasteiger charge is 2.20. The van der Waals surface area contributed by atoms with Gasteiger partial charge in [0.1, 0.15) is 6.67 Å². The van der Waals surface area contributed by atoms with Crippen molar-refractivity contribution in [2.75, 3.05) is 33.0 Å². The second-order valence-electron chi connectivity index (χ2n) is 3.31. The van der Waals surface area contributed by atoms with Crippen LogP contribution in [0, 0.1) is 5.92 Å². The lowest BCUT2D eigenvalue weighted by Gasteiger charge is -2.03. The summed E-state index contributed by atoms with van der Waals surface area (Å²) in [7, 11) is 0. The van der Waals surface area contributed by atoms with Gasteiger partial charge < -0.3 is 10.1 Å². The molecule has 2 nitrogen and oxygen atoms in total. The van der Waals surface area contributed by atoms with E-state index in [2.05, 4.69) is 5.32 Å². The van der Waals surface area contributed by atoms with Crippen molar-refractivity contribution >= 4 is 0 Å². The van der Waals surface area contributed by atoms with Crippen LogP contribution in [-0.4, -0.2) is 33.0 Å². The van der Waals surface area contributed by atoms with E-state index in [9.17, 15) is 4.39 Å². The van der Waals surface area contributed by atoms with Gasteiger partial charge in [0.2, 0.25) is 0 Å². The lowest BCUT2D eigenvalue weighted by atomic mass is 10.4. The lowest BCUT2D eigenvalue weighted by molar-refractivity contribution is 0.122. The third-order valence-corrected chi connectivity index (χ3v) is 1.96. The number of hydrogen-bond acceptors (Lipinski definition) is 2. The molecule has 0 heterocycles. The zero-order valence-electron chi connectivity index (χ0n) is 7.52. The van der Waals surface area contributed by atoms with Crippen LogP contribution in [0.5, 0.6) is 0 Å². The van der Waals surface area contributed by atoms with Crippen molar-refractivity contribution in [3.63, 3.8) is 0 Å². The third kappa shape index (κ3) is 5.49. The standard InChI is InChI=1S/C9H18FNO/c10-4-6-11-5-1-7-12-8-9-2-3-9/h9,11H,1-8H2. The van der Waals surface area contributed by atoms with Crippen LogP contribution in [0.1, 0.15) is 19.3 Å². The molecule has 1 rings (SSSR count). The number of ether oxygens (including phenoxy) is 1. The molecule has 3 heteroatoms. The minimum Gasteiger partial charge on any atom is -0.381 e. The summed E-state index contributed by atoms with van der Waals surface area (Å²) in [4.78, 5) is 0. The predicted molar refractivity (Wildman–Crippen MR) is 47.0 cm³/mol. The molecule has 0 aromatic rings. The van der Waals surface area contributed by atoms with Gasteiger partial charge in [0.05, 0.1) is 0 Å². The van der Waals surface area contributed by atoms with Crippen LogP contribution in [0.2, 0.25) is 0 Å². The summed E-state index contributed by atoms with van der Waals surface area (Å²) in [6.07, 6.45) is 3.69. The summed E-state index contributed by atoms with van der Waals surface area (Å²) in [5, 5.41) is 2.98. The van der Waals surface area contributed by atoms with E-state index in [1.807, 2.05) is 0 Å². The van der Waals surface area contributed by atoms with E-state index in [0.717, 1.165) is 32.1 Å². The van der Waals surface area contributed by atoms with Crippen LogP contribution in [0.25, 0.3) is 0 Å². The van der Waals surface area contributed by atoms with Crippen LogP contribution in [0.3, 0.4) is 0 Å². The fraction of sp³-hybridized carbons (Fsp3) is 1.00. The summed E-state index contributed by atoms with van der Waals surface area (Å²) >= 11 is 0. The van der Waals surface area contributed by atoms with Gasteiger partial charge in [-0.1, -0.05) is 0 Å². The monoisotopic (exact) mass is 175 g/mol. The van der Waals surface area contributed by atoms with Crippen molar-refractivity contribution in [3.05, 3.63) is 0 Å². The second kappa shape index (κ2) is 6.38. The normalized spacial score (nSPS) is 16.8. The van der Waals surface area contributed by atoms with Gasteiger partial charge in [0, 0.05) is 19.8 Å². The molecule has 0 aromatic carbocycles. The first-order valence-electron chi connectivity index (χ1n) is 4.78. The quantitative estimate of drug-likeness (QED) is 0.562. The molecule has 1 aliphatic carbocycles. The predicted octanol–water partition coefficient (Wildman–Crippen LogP) is 1.36. The van der Waals surface area contributed by atoms with E-state index in [4.69, 9.17) is 4.74 Å². The highest BCUT2D eigenvalue weighted by molar-refractivity contribution is 4.71. The Bertz CT molecular complexity index is 107. The average molecular weight is 175 g/mol. The molecule has 72 valence electrons. The van der Waals surface area contributed by atoms with E-state index in [1.54, 1.807) is 0 Å². The first-order valence-corrected chi connectivity index (χ1v) is 4.78. The molecule has 12 heavy (non-hydrogen) atoms. The van der Waals surface area contributed by atoms with Gasteiger partial charge in [-0.05, 0) is 31.7 Å². The Morgan fingerprint density at radius 2 is 2.17 bits per heavy atom. The summed E-state index contributed by atoms with van der Waals surface area (Å²) in [5.74, 6) is 0.851. The van der Waals surface area contributed by atoms with Crippen molar-refractivity contribution in [1.82, 2.24) is 5.32 Å². The maximum absolute atomic E-state index is 11.6. The van der Waals surface area contributed by atoms with E-state index in [1.165, 1.54) is 12.8 Å². The first-order chi connectivity index (χ1) is 5.93. The highest BCUT2D eigenvalue weighted by atomic mass is 19.1. The molecule has 1 aliphatic rings. The number of halogens is 1. The molecule has 0 bridgehead atoms. The Balaban J connectivity index is 1.65. The molecule has 0 amide bonds. The maximum Gasteiger partial charge on any atom is 0.102 e. The van der Waals surface area contributed by atoms with Gasteiger partial charge in [0.15, 0.2) is 0 Å². The molecule has 0 atom stereocenters. The minimum atomic E-state index is -0.275. The molecule has 1 N–H and O–H groups in total. The van der Waals surface area contributed by atoms with E-state index in [-0.39, 0.29) is 6.67 Å². The summed E-state index contributed by atoms with van der Waals surface area (Å²) in [6.45, 7) is 2.82. The summed E-state index contributed by atoms with van der Waals surface area (Å²) in [5.41, 5.74) is 0. The van der Waals surface area contributed by atoms with Crippen molar-refractivity contribution in [2.45, 2.75) is 19.3 Å². The smallest absolute Gasteiger partial charge is 0.102 e. The summed E-state index contributed by atoms with van der Waals surface area (Å²) < 4.78 is 17.0. The first kappa shape index (κ1) is 9.93. The molecule has 0 aliphatic heterocycles. The number of rotatable bonds is 8. The van der Waals surface area contributed by atoms with Crippen LogP contribution < -0.4 is 5.32 Å². The molecule has 0 aromatic heterocycles. The number of alkyl halides is 1. The molecule has 0 unspecified atom stereocenters. The van der Waals surface area contributed by atoms with Gasteiger partial charge in [-0.25, -0.2) is 4.39 Å². The molecule has 0 saturated heterocycles. The molecular formula is C9H18FNO. The zero-order chi connectivity index (χ0) is 8.65. The van der Waals surface area contributed by atoms with Crippen LogP contribution in [-0.2, 0) is 4.74 Å². The van der Waals surface area contributed by atoms with E-state index >= 15 is 0 Å². The van der Waals surface area contributed by atoms with E-state index < -0.39 is 0 Å². The molecule has 1 fully saturated rings. The third-order valence-electron chi connectivity index (χ3n) is 1.96. The Morgan fingerprint density at radius 1 is 1.33 bits per heavy atom. The average Bonchev–Trinajstić information content (AvgIpc) is 2.87.